The van der Waals surface area contributed by atoms with E-state index in [0.29, 0.717) is 36.2 Å². The van der Waals surface area contributed by atoms with Gasteiger partial charge in [0.15, 0.2) is 5.96 Å². The molecule has 1 aliphatic rings. The van der Waals surface area contributed by atoms with Crippen LogP contribution in [0.4, 0.5) is 13.2 Å². The van der Waals surface area contributed by atoms with Gasteiger partial charge >= 0.3 is 15.5 Å². The van der Waals surface area contributed by atoms with Crippen LogP contribution >= 0.6 is 0 Å². The van der Waals surface area contributed by atoms with Gasteiger partial charge in [-0.2, -0.15) is 22.6 Å². The SMILES string of the molecule is CN=C(NCCCn1nc(C)cc1C)NCC1CCN(S(=O)(=O)C(F)(F)F)CC1. The highest BCUT2D eigenvalue weighted by Crippen LogP contribution is 2.30. The summed E-state index contributed by atoms with van der Waals surface area (Å²) in [6, 6.07) is 2.03. The summed E-state index contributed by atoms with van der Waals surface area (Å²) in [5.41, 5.74) is -3.14. The van der Waals surface area contributed by atoms with Crippen molar-refractivity contribution in [2.75, 3.05) is 33.2 Å². The molecule has 0 unspecified atom stereocenters. The second-order valence-corrected chi connectivity index (χ2v) is 9.11. The molecule has 2 N–H and O–H groups in total. The largest absolute Gasteiger partial charge is 0.511 e. The van der Waals surface area contributed by atoms with Crippen molar-refractivity contribution in [2.24, 2.45) is 10.9 Å². The zero-order chi connectivity index (χ0) is 21.7. The maximum absolute atomic E-state index is 12.6. The first kappa shape index (κ1) is 23.5. The fraction of sp³-hybridized carbons (Fsp3) is 0.765. The highest BCUT2D eigenvalue weighted by molar-refractivity contribution is 7.90. The summed E-state index contributed by atoms with van der Waals surface area (Å²) in [5, 5.41) is 10.8. The Kier molecular flexibility index (Phi) is 7.92. The van der Waals surface area contributed by atoms with Gasteiger partial charge in [-0.05, 0) is 45.1 Å². The van der Waals surface area contributed by atoms with Crippen LogP contribution in [0.25, 0.3) is 0 Å². The third-order valence-electron chi connectivity index (χ3n) is 4.93. The molecule has 0 amide bonds. The van der Waals surface area contributed by atoms with E-state index < -0.39 is 15.5 Å². The fourth-order valence-corrected chi connectivity index (χ4v) is 4.28. The lowest BCUT2D eigenvalue weighted by Gasteiger charge is -2.31. The summed E-state index contributed by atoms with van der Waals surface area (Å²) >= 11 is 0. The average Bonchev–Trinajstić information content (AvgIpc) is 2.97. The lowest BCUT2D eigenvalue weighted by atomic mass is 9.98. The minimum absolute atomic E-state index is 0.0860. The summed E-state index contributed by atoms with van der Waals surface area (Å²) in [7, 11) is -3.58. The second kappa shape index (κ2) is 9.79. The van der Waals surface area contributed by atoms with E-state index >= 15 is 0 Å². The monoisotopic (exact) mass is 438 g/mol. The molecule has 1 saturated heterocycles. The number of rotatable bonds is 7. The van der Waals surface area contributed by atoms with E-state index in [4.69, 9.17) is 0 Å². The van der Waals surface area contributed by atoms with E-state index in [0.717, 1.165) is 24.4 Å². The molecule has 29 heavy (non-hydrogen) atoms. The number of sulfonamides is 1. The molecule has 166 valence electrons. The number of piperidine rings is 1. The van der Waals surface area contributed by atoms with Crippen LogP contribution in [0.3, 0.4) is 0 Å². The van der Waals surface area contributed by atoms with Crippen molar-refractivity contribution in [2.45, 2.75) is 45.2 Å². The molecule has 2 heterocycles. The molecule has 0 atom stereocenters. The van der Waals surface area contributed by atoms with Gasteiger partial charge in [0.1, 0.15) is 0 Å². The Labute approximate surface area is 169 Å². The van der Waals surface area contributed by atoms with Crippen molar-refractivity contribution < 1.29 is 21.6 Å². The first-order valence-electron chi connectivity index (χ1n) is 9.56. The van der Waals surface area contributed by atoms with Crippen molar-refractivity contribution >= 4 is 16.0 Å². The Bertz CT molecular complexity index is 799. The first-order chi connectivity index (χ1) is 13.5. The van der Waals surface area contributed by atoms with Crippen molar-refractivity contribution in [3.8, 4) is 0 Å². The predicted molar refractivity (Wildman–Crippen MR) is 105 cm³/mol. The highest BCUT2D eigenvalue weighted by atomic mass is 32.2. The van der Waals surface area contributed by atoms with Crippen molar-refractivity contribution in [3.63, 3.8) is 0 Å². The van der Waals surface area contributed by atoms with E-state index in [1.807, 2.05) is 24.6 Å². The Hall–Kier alpha value is -1.82. The number of hydrogen-bond donors (Lipinski definition) is 2. The number of nitrogens with one attached hydrogen (secondary N) is 2. The van der Waals surface area contributed by atoms with Gasteiger partial charge in [-0.1, -0.05) is 0 Å². The first-order valence-corrected chi connectivity index (χ1v) is 11.0. The standard InChI is InChI=1S/C17H29F3N6O2S/c1-13-11-14(2)26(24-13)8-4-7-22-16(21-3)23-12-15-5-9-25(10-6-15)29(27,28)17(18,19)20/h11,15H,4-10,12H2,1-3H3,(H2,21,22,23). The van der Waals surface area contributed by atoms with E-state index in [1.54, 1.807) is 7.05 Å². The van der Waals surface area contributed by atoms with Crippen LogP contribution in [0.1, 0.15) is 30.7 Å². The third kappa shape index (κ3) is 6.33. The number of alkyl halides is 3. The molecule has 12 heteroatoms. The number of aliphatic imine (C=N–C) groups is 1. The van der Waals surface area contributed by atoms with E-state index in [2.05, 4.69) is 20.7 Å². The minimum Gasteiger partial charge on any atom is -0.356 e. The van der Waals surface area contributed by atoms with Crippen LogP contribution in [-0.4, -0.2) is 67.2 Å². The van der Waals surface area contributed by atoms with Crippen LogP contribution in [0, 0.1) is 19.8 Å². The molecule has 0 saturated carbocycles. The maximum Gasteiger partial charge on any atom is 0.511 e. The van der Waals surface area contributed by atoms with Gasteiger partial charge in [0.2, 0.25) is 0 Å². The molecule has 0 aliphatic carbocycles. The Balaban J connectivity index is 1.69. The summed E-state index contributed by atoms with van der Waals surface area (Å²) < 4.78 is 63.2. The Morgan fingerprint density at radius 2 is 1.93 bits per heavy atom. The van der Waals surface area contributed by atoms with Gasteiger partial charge < -0.3 is 10.6 Å². The predicted octanol–water partition coefficient (Wildman–Crippen LogP) is 1.62. The minimum atomic E-state index is -5.24. The second-order valence-electron chi connectivity index (χ2n) is 7.18. The highest BCUT2D eigenvalue weighted by Gasteiger charge is 2.50. The average molecular weight is 439 g/mol. The van der Waals surface area contributed by atoms with Gasteiger partial charge in [0, 0.05) is 45.5 Å². The lowest BCUT2D eigenvalue weighted by molar-refractivity contribution is -0.0496. The van der Waals surface area contributed by atoms with Crippen LogP contribution in [0.2, 0.25) is 0 Å². The van der Waals surface area contributed by atoms with Gasteiger partial charge in [0.05, 0.1) is 5.69 Å². The Morgan fingerprint density at radius 3 is 2.45 bits per heavy atom. The fourth-order valence-electron chi connectivity index (χ4n) is 3.30. The Morgan fingerprint density at radius 1 is 1.28 bits per heavy atom. The molecule has 0 aromatic carbocycles. The zero-order valence-electron chi connectivity index (χ0n) is 17.0. The molecular formula is C17H29F3N6O2S. The van der Waals surface area contributed by atoms with Crippen LogP contribution in [0.5, 0.6) is 0 Å². The van der Waals surface area contributed by atoms with Gasteiger partial charge in [-0.25, -0.2) is 8.42 Å². The normalized spacial score (nSPS) is 17.5. The van der Waals surface area contributed by atoms with E-state index in [-0.39, 0.29) is 19.0 Å². The summed E-state index contributed by atoms with van der Waals surface area (Å²) in [4.78, 5) is 4.14. The maximum atomic E-state index is 12.6. The summed E-state index contributed by atoms with van der Waals surface area (Å²) in [6.45, 7) is 5.73. The molecule has 1 aromatic heterocycles. The van der Waals surface area contributed by atoms with Crippen molar-refractivity contribution in [3.05, 3.63) is 17.5 Å². The molecular weight excluding hydrogens is 409 g/mol. The van der Waals surface area contributed by atoms with Crippen LogP contribution in [0.15, 0.2) is 11.1 Å². The summed E-state index contributed by atoms with van der Waals surface area (Å²) in [6.07, 6.45) is 1.60. The quantitative estimate of drug-likeness (QED) is 0.384. The molecule has 1 fully saturated rings. The molecule has 8 nitrogen and oxygen atoms in total. The number of nitrogens with zero attached hydrogens (tertiary/aromatic N) is 4. The van der Waals surface area contributed by atoms with E-state index in [9.17, 15) is 21.6 Å². The zero-order valence-corrected chi connectivity index (χ0v) is 17.8. The molecule has 0 spiro atoms. The number of aryl methyl sites for hydroxylation is 3. The molecule has 2 rings (SSSR count). The van der Waals surface area contributed by atoms with E-state index in [1.165, 1.54) is 0 Å². The van der Waals surface area contributed by atoms with Crippen molar-refractivity contribution in [1.29, 1.82) is 0 Å². The molecule has 0 bridgehead atoms. The van der Waals surface area contributed by atoms with Crippen LogP contribution in [-0.2, 0) is 16.6 Å². The molecule has 1 aromatic rings. The molecule has 0 radical (unpaired) electrons. The number of halogens is 3. The third-order valence-corrected chi connectivity index (χ3v) is 6.56. The van der Waals surface area contributed by atoms with Gasteiger partial charge in [-0.15, -0.1) is 0 Å². The summed E-state index contributed by atoms with van der Waals surface area (Å²) in [5.74, 6) is 0.701. The lowest BCUT2D eigenvalue weighted by Crippen LogP contribution is -2.47. The van der Waals surface area contributed by atoms with Crippen molar-refractivity contribution in [1.82, 2.24) is 24.7 Å². The number of aromatic nitrogens is 2. The number of hydrogen-bond acceptors (Lipinski definition) is 4. The topological polar surface area (TPSA) is 91.6 Å². The number of guanidine groups is 1. The van der Waals surface area contributed by atoms with Crippen LogP contribution < -0.4 is 10.6 Å². The molecule has 1 aliphatic heterocycles. The van der Waals surface area contributed by atoms with Gasteiger partial charge in [-0.3, -0.25) is 9.67 Å². The van der Waals surface area contributed by atoms with Gasteiger partial charge in [0.25, 0.3) is 0 Å². The smallest absolute Gasteiger partial charge is 0.356 e.